The van der Waals surface area contributed by atoms with Gasteiger partial charge < -0.3 is 14.2 Å². The Labute approximate surface area is 173 Å². The predicted molar refractivity (Wildman–Crippen MR) is 109 cm³/mol. The van der Waals surface area contributed by atoms with Gasteiger partial charge in [-0.1, -0.05) is 5.21 Å². The number of carbonyl (C=O) groups is 1. The van der Waals surface area contributed by atoms with Crippen LogP contribution in [0.4, 0.5) is 0 Å². The quantitative estimate of drug-likeness (QED) is 0.693. The maximum atomic E-state index is 11.9. The number of piperidine rings is 1. The van der Waals surface area contributed by atoms with Crippen LogP contribution in [0.25, 0.3) is 0 Å². The Kier molecular flexibility index (Phi) is 6.36. The molecule has 0 N–H and O–H groups in total. The molecule has 8 heteroatoms. The molecule has 2 fully saturated rings. The molecular formula is C21H36N4O4. The number of nitrogens with zero attached hydrogens (tertiary/aromatic N) is 4. The van der Waals surface area contributed by atoms with Gasteiger partial charge >= 0.3 is 5.97 Å². The Balaban J connectivity index is 1.76. The van der Waals surface area contributed by atoms with Gasteiger partial charge in [0, 0.05) is 19.1 Å². The van der Waals surface area contributed by atoms with E-state index in [1.807, 2.05) is 4.68 Å². The second-order valence-corrected chi connectivity index (χ2v) is 10.0. The number of esters is 1. The van der Waals surface area contributed by atoms with Crippen molar-refractivity contribution >= 4 is 5.97 Å². The number of rotatable bonds is 5. The molecule has 0 aliphatic carbocycles. The lowest BCUT2D eigenvalue weighted by Gasteiger charge is -2.39. The summed E-state index contributed by atoms with van der Waals surface area (Å²) in [6.45, 7) is 16.5. The van der Waals surface area contributed by atoms with E-state index in [4.69, 9.17) is 14.2 Å². The van der Waals surface area contributed by atoms with Gasteiger partial charge in [-0.05, 0) is 61.3 Å². The Bertz CT molecular complexity index is 706. The fourth-order valence-corrected chi connectivity index (χ4v) is 4.29. The molecule has 2 aliphatic heterocycles. The zero-order valence-electron chi connectivity index (χ0n) is 18.8. The summed E-state index contributed by atoms with van der Waals surface area (Å²) in [6.07, 6.45) is 3.56. The van der Waals surface area contributed by atoms with Crippen LogP contribution in [0, 0.1) is 0 Å². The summed E-state index contributed by atoms with van der Waals surface area (Å²) < 4.78 is 19.7. The van der Waals surface area contributed by atoms with E-state index in [1.54, 1.807) is 13.1 Å². The third-order valence-electron chi connectivity index (χ3n) is 5.26. The van der Waals surface area contributed by atoms with Gasteiger partial charge in [-0.3, -0.25) is 4.90 Å². The standard InChI is InChI=1S/C21H36N4O4/c1-8-27-19(26)15-12-25(23-22-15)14-9-10-24-13-17(28-20(2,3)4)18(16(24)11-14)29-21(5,6)7/h12,14,16-18H,8-11,13H2,1-7H3/t14-,16-,17-,18-/m0/s1. The van der Waals surface area contributed by atoms with E-state index in [9.17, 15) is 4.79 Å². The van der Waals surface area contributed by atoms with Gasteiger partial charge in [0.2, 0.25) is 0 Å². The molecule has 3 rings (SSSR count). The predicted octanol–water partition coefficient (Wildman–Crippen LogP) is 2.84. The van der Waals surface area contributed by atoms with Gasteiger partial charge in [-0.25, -0.2) is 9.48 Å². The molecule has 1 aromatic rings. The van der Waals surface area contributed by atoms with E-state index < -0.39 is 5.97 Å². The van der Waals surface area contributed by atoms with Crippen LogP contribution in [-0.2, 0) is 14.2 Å². The van der Waals surface area contributed by atoms with Crippen LogP contribution in [-0.4, -0.2) is 75.0 Å². The summed E-state index contributed by atoms with van der Waals surface area (Å²) in [5, 5.41) is 8.22. The minimum atomic E-state index is -0.426. The molecule has 0 saturated carbocycles. The normalized spacial score (nSPS) is 28.4. The highest BCUT2D eigenvalue weighted by Gasteiger charge is 2.48. The number of hydrogen-bond acceptors (Lipinski definition) is 7. The molecule has 164 valence electrons. The van der Waals surface area contributed by atoms with Crippen molar-refractivity contribution in [2.75, 3.05) is 19.7 Å². The average Bonchev–Trinajstić information content (AvgIpc) is 3.18. The number of ether oxygens (including phenoxy) is 3. The molecule has 2 aliphatic rings. The summed E-state index contributed by atoms with van der Waals surface area (Å²) in [7, 11) is 0. The third-order valence-corrected chi connectivity index (χ3v) is 5.26. The highest BCUT2D eigenvalue weighted by molar-refractivity contribution is 5.86. The lowest BCUT2D eigenvalue weighted by atomic mass is 9.95. The first kappa shape index (κ1) is 22.2. The molecule has 2 saturated heterocycles. The fourth-order valence-electron chi connectivity index (χ4n) is 4.29. The lowest BCUT2D eigenvalue weighted by Crippen LogP contribution is -2.47. The maximum absolute atomic E-state index is 11.9. The molecule has 3 heterocycles. The average molecular weight is 409 g/mol. The second kappa shape index (κ2) is 8.32. The minimum absolute atomic E-state index is 0.00919. The molecule has 8 nitrogen and oxygen atoms in total. The van der Waals surface area contributed by atoms with Crippen molar-refractivity contribution in [3.8, 4) is 0 Å². The molecule has 0 bridgehead atoms. The summed E-state index contributed by atoms with van der Waals surface area (Å²) in [4.78, 5) is 14.4. The third kappa shape index (κ3) is 5.55. The summed E-state index contributed by atoms with van der Waals surface area (Å²) in [5.74, 6) is -0.426. The first-order chi connectivity index (χ1) is 13.5. The highest BCUT2D eigenvalue weighted by atomic mass is 16.6. The van der Waals surface area contributed by atoms with E-state index in [-0.39, 0.29) is 41.2 Å². The largest absolute Gasteiger partial charge is 0.461 e. The Morgan fingerprint density at radius 2 is 1.86 bits per heavy atom. The smallest absolute Gasteiger partial charge is 0.360 e. The van der Waals surface area contributed by atoms with Crippen LogP contribution in [0.3, 0.4) is 0 Å². The van der Waals surface area contributed by atoms with Gasteiger partial charge in [0.1, 0.15) is 6.10 Å². The van der Waals surface area contributed by atoms with Crippen LogP contribution in [0.1, 0.15) is 77.8 Å². The van der Waals surface area contributed by atoms with Gasteiger partial charge in [0.05, 0.1) is 36.2 Å². The van der Waals surface area contributed by atoms with Crippen molar-refractivity contribution in [1.82, 2.24) is 19.9 Å². The van der Waals surface area contributed by atoms with E-state index in [0.29, 0.717) is 6.61 Å². The molecule has 1 aromatic heterocycles. The van der Waals surface area contributed by atoms with Crippen LogP contribution in [0.15, 0.2) is 6.20 Å². The Morgan fingerprint density at radius 3 is 2.48 bits per heavy atom. The van der Waals surface area contributed by atoms with Crippen molar-refractivity contribution in [3.63, 3.8) is 0 Å². The molecule has 29 heavy (non-hydrogen) atoms. The van der Waals surface area contributed by atoms with Crippen molar-refractivity contribution < 1.29 is 19.0 Å². The second-order valence-electron chi connectivity index (χ2n) is 10.0. The zero-order chi connectivity index (χ0) is 21.4. The molecule has 0 spiro atoms. The van der Waals surface area contributed by atoms with Crippen molar-refractivity contribution in [1.29, 1.82) is 0 Å². The summed E-state index contributed by atoms with van der Waals surface area (Å²) in [6, 6.07) is 0.418. The maximum Gasteiger partial charge on any atom is 0.360 e. The topological polar surface area (TPSA) is 78.7 Å². The van der Waals surface area contributed by atoms with Crippen LogP contribution < -0.4 is 0 Å². The van der Waals surface area contributed by atoms with E-state index in [2.05, 4.69) is 56.8 Å². The molecule has 0 aromatic carbocycles. The number of aromatic nitrogens is 3. The molecular weight excluding hydrogens is 372 g/mol. The molecule has 4 atom stereocenters. The number of hydrogen-bond donors (Lipinski definition) is 0. The molecule has 0 amide bonds. The van der Waals surface area contributed by atoms with Gasteiger partial charge in [0.25, 0.3) is 0 Å². The zero-order valence-corrected chi connectivity index (χ0v) is 18.8. The van der Waals surface area contributed by atoms with E-state index >= 15 is 0 Å². The van der Waals surface area contributed by atoms with Crippen molar-refractivity contribution in [2.24, 2.45) is 0 Å². The minimum Gasteiger partial charge on any atom is -0.461 e. The van der Waals surface area contributed by atoms with Crippen LogP contribution in [0.5, 0.6) is 0 Å². The Hall–Kier alpha value is -1.51. The first-order valence-electron chi connectivity index (χ1n) is 10.7. The SMILES string of the molecule is CCOC(=O)c1cn([C@H]2CCN3C[C@H](OC(C)(C)C)[C@@H](OC(C)(C)C)[C@@H]3C2)nn1. The Morgan fingerprint density at radius 1 is 1.17 bits per heavy atom. The monoisotopic (exact) mass is 408 g/mol. The van der Waals surface area contributed by atoms with Crippen molar-refractivity contribution in [3.05, 3.63) is 11.9 Å². The number of fused-ring (bicyclic) bond motifs is 1. The van der Waals surface area contributed by atoms with Gasteiger partial charge in [0.15, 0.2) is 5.69 Å². The first-order valence-corrected chi connectivity index (χ1v) is 10.7. The lowest BCUT2D eigenvalue weighted by molar-refractivity contribution is -0.152. The van der Waals surface area contributed by atoms with Gasteiger partial charge in [-0.15, -0.1) is 5.10 Å². The van der Waals surface area contributed by atoms with Crippen LogP contribution >= 0.6 is 0 Å². The van der Waals surface area contributed by atoms with Crippen LogP contribution in [0.2, 0.25) is 0 Å². The van der Waals surface area contributed by atoms with Crippen molar-refractivity contribution in [2.45, 2.75) is 96.8 Å². The number of carbonyl (C=O) groups excluding carboxylic acids is 1. The fraction of sp³-hybridized carbons (Fsp3) is 0.857. The summed E-state index contributed by atoms with van der Waals surface area (Å²) >= 11 is 0. The summed E-state index contributed by atoms with van der Waals surface area (Å²) in [5.41, 5.74) is -0.215. The van der Waals surface area contributed by atoms with E-state index in [1.165, 1.54) is 0 Å². The van der Waals surface area contributed by atoms with E-state index in [0.717, 1.165) is 25.9 Å². The van der Waals surface area contributed by atoms with Gasteiger partial charge in [-0.2, -0.15) is 0 Å². The molecule has 0 radical (unpaired) electrons. The highest BCUT2D eigenvalue weighted by Crippen LogP contribution is 2.38. The molecule has 0 unspecified atom stereocenters.